The maximum atomic E-state index is 14.8. The van der Waals surface area contributed by atoms with Crippen LogP contribution in [0.25, 0.3) is 0 Å². The summed E-state index contributed by atoms with van der Waals surface area (Å²) >= 11 is 0. The Balaban J connectivity index is 2.02. The maximum absolute atomic E-state index is 14.8. The predicted molar refractivity (Wildman–Crippen MR) is 129 cm³/mol. The van der Waals surface area contributed by atoms with Crippen LogP contribution in [0.15, 0.2) is 64.1 Å². The Morgan fingerprint density at radius 3 is 2.52 bits per heavy atom. The van der Waals surface area contributed by atoms with Gasteiger partial charge in [0.1, 0.15) is 11.6 Å². The van der Waals surface area contributed by atoms with Crippen LogP contribution in [0.1, 0.15) is 69.5 Å². The lowest BCUT2D eigenvalue weighted by Gasteiger charge is -2.25. The van der Waals surface area contributed by atoms with Gasteiger partial charge in [0.2, 0.25) is 0 Å². The van der Waals surface area contributed by atoms with Gasteiger partial charge in [0.15, 0.2) is 0 Å². The Morgan fingerprint density at radius 1 is 1.27 bits per heavy atom. The van der Waals surface area contributed by atoms with Gasteiger partial charge in [-0.15, -0.1) is 0 Å². The molecule has 178 valence electrons. The number of allylic oxidation sites excluding steroid dienone is 2. The van der Waals surface area contributed by atoms with Gasteiger partial charge in [-0.2, -0.15) is 0 Å². The molecule has 0 aromatic heterocycles. The van der Waals surface area contributed by atoms with E-state index in [-0.39, 0.29) is 11.0 Å². The van der Waals surface area contributed by atoms with E-state index in [0.29, 0.717) is 23.6 Å². The summed E-state index contributed by atoms with van der Waals surface area (Å²) in [6.45, 7) is 11.7. The molecule has 3 rings (SSSR count). The van der Waals surface area contributed by atoms with Gasteiger partial charge >= 0.3 is 0 Å². The topological polar surface area (TPSA) is 48.8 Å². The Morgan fingerprint density at radius 2 is 1.97 bits per heavy atom. The van der Waals surface area contributed by atoms with Crippen molar-refractivity contribution in [3.05, 3.63) is 71.1 Å². The number of fused-ring (bicyclic) bond motifs is 2. The lowest BCUT2D eigenvalue weighted by Crippen LogP contribution is -2.31. The summed E-state index contributed by atoms with van der Waals surface area (Å²) in [5.74, 6) is 0.460. The van der Waals surface area contributed by atoms with Gasteiger partial charge < -0.3 is 10.6 Å². The molecular weight excluding hydrogens is 425 g/mol. The third-order valence-electron chi connectivity index (χ3n) is 6.74. The van der Waals surface area contributed by atoms with E-state index in [4.69, 9.17) is 0 Å². The number of alkyl halides is 2. The summed E-state index contributed by atoms with van der Waals surface area (Å²) in [5, 5.41) is 6.53. The Hall–Kier alpha value is -2.83. The van der Waals surface area contributed by atoms with Gasteiger partial charge in [0, 0.05) is 24.5 Å². The van der Waals surface area contributed by atoms with Crippen LogP contribution >= 0.6 is 0 Å². The minimum Gasteiger partial charge on any atom is -0.372 e. The number of hydrogen-bond acceptors (Lipinski definition) is 4. The minimum atomic E-state index is -2.88. The molecule has 1 atom stereocenters. The molecule has 2 fully saturated rings. The first-order valence-electron chi connectivity index (χ1n) is 11.5. The van der Waals surface area contributed by atoms with Gasteiger partial charge in [0.25, 0.3) is 6.43 Å². The van der Waals surface area contributed by atoms with Crippen molar-refractivity contribution in [2.24, 2.45) is 21.3 Å². The van der Waals surface area contributed by atoms with Gasteiger partial charge in [-0.1, -0.05) is 30.9 Å². The highest BCUT2D eigenvalue weighted by Crippen LogP contribution is 2.55. The number of benzene rings is 1. The van der Waals surface area contributed by atoms with Crippen molar-refractivity contribution >= 4 is 12.9 Å². The number of nitrogens with zero attached hydrogens (tertiary/aromatic N) is 2. The zero-order valence-corrected chi connectivity index (χ0v) is 19.4. The van der Waals surface area contributed by atoms with Crippen LogP contribution < -0.4 is 10.6 Å². The van der Waals surface area contributed by atoms with Crippen molar-refractivity contribution in [2.45, 2.75) is 58.4 Å². The standard InChI is InChI=1S/C26H33F3N4/c1-5-31-16-21(22(30-4)15-26-12-10-18(14-26)11-13-26)25(32-6-2)33-17(3)19-8-7-9-20(23(19)27)24(28)29/h5,7-9,15-18,24,32-33H,1,4,6,10-14H2,2-3H3/b22-15+,25-21?,31-16?. The quantitative estimate of drug-likeness (QED) is 0.289. The SMILES string of the molecule is C=CN=CC(=C(NCC)NC(C)c1cccc(C(F)F)c1F)/C(=C\C12CCC(CC1)C2)N=C. The summed E-state index contributed by atoms with van der Waals surface area (Å²) in [6.07, 6.45) is 8.29. The van der Waals surface area contributed by atoms with Crippen molar-refractivity contribution < 1.29 is 13.2 Å². The first-order valence-corrected chi connectivity index (χ1v) is 11.5. The first-order chi connectivity index (χ1) is 15.8. The Kier molecular flexibility index (Phi) is 8.16. The Labute approximate surface area is 194 Å². The van der Waals surface area contributed by atoms with E-state index in [1.165, 1.54) is 31.2 Å². The molecular formula is C26H33F3N4. The third-order valence-corrected chi connectivity index (χ3v) is 6.74. The van der Waals surface area contributed by atoms with Crippen molar-refractivity contribution in [3.8, 4) is 0 Å². The normalized spacial score (nSPS) is 24.2. The number of aliphatic imine (C=N–C) groups is 2. The third kappa shape index (κ3) is 5.57. The molecule has 0 spiro atoms. The molecule has 7 heteroatoms. The fourth-order valence-corrected chi connectivity index (χ4v) is 5.09. The largest absolute Gasteiger partial charge is 0.372 e. The molecule has 4 nitrogen and oxygen atoms in total. The van der Waals surface area contributed by atoms with Crippen molar-refractivity contribution in [3.63, 3.8) is 0 Å². The van der Waals surface area contributed by atoms with E-state index in [9.17, 15) is 13.2 Å². The molecule has 0 aliphatic heterocycles. The molecule has 2 N–H and O–H groups in total. The van der Waals surface area contributed by atoms with E-state index in [1.807, 2.05) is 6.92 Å². The highest BCUT2D eigenvalue weighted by molar-refractivity contribution is 5.86. The van der Waals surface area contributed by atoms with E-state index >= 15 is 0 Å². The molecule has 2 bridgehead atoms. The number of nitrogens with one attached hydrogen (secondary N) is 2. The summed E-state index contributed by atoms with van der Waals surface area (Å²) in [5.41, 5.74) is 1.05. The van der Waals surface area contributed by atoms with Gasteiger partial charge in [-0.25, -0.2) is 13.2 Å². The van der Waals surface area contributed by atoms with Gasteiger partial charge in [0.05, 0.1) is 22.9 Å². The number of halogens is 3. The van der Waals surface area contributed by atoms with Crippen molar-refractivity contribution in [1.29, 1.82) is 0 Å². The highest BCUT2D eigenvalue weighted by atomic mass is 19.3. The Bertz CT molecular complexity index is 956. The summed E-state index contributed by atoms with van der Waals surface area (Å²) in [7, 11) is 0. The minimum absolute atomic E-state index is 0.120. The van der Waals surface area contributed by atoms with Crippen molar-refractivity contribution in [1.82, 2.24) is 10.6 Å². The smallest absolute Gasteiger partial charge is 0.266 e. The highest BCUT2D eigenvalue weighted by Gasteiger charge is 2.43. The maximum Gasteiger partial charge on any atom is 0.266 e. The molecule has 2 aliphatic rings. The van der Waals surface area contributed by atoms with Crippen LogP contribution in [-0.2, 0) is 0 Å². The second-order valence-corrected chi connectivity index (χ2v) is 8.89. The fraction of sp³-hybridized carbons (Fsp3) is 0.462. The van der Waals surface area contributed by atoms with Gasteiger partial charge in [-0.3, -0.25) is 9.98 Å². The second-order valence-electron chi connectivity index (χ2n) is 8.89. The molecule has 2 saturated carbocycles. The average Bonchev–Trinajstić information content (AvgIpc) is 3.39. The lowest BCUT2D eigenvalue weighted by atomic mass is 9.83. The average molecular weight is 459 g/mol. The molecule has 33 heavy (non-hydrogen) atoms. The molecule has 0 amide bonds. The first kappa shape index (κ1) is 24.8. The number of rotatable bonds is 11. The molecule has 0 saturated heterocycles. The summed E-state index contributed by atoms with van der Waals surface area (Å²) in [4.78, 5) is 8.54. The van der Waals surface area contributed by atoms with E-state index < -0.39 is 23.8 Å². The van der Waals surface area contributed by atoms with E-state index in [2.05, 4.69) is 40.0 Å². The van der Waals surface area contributed by atoms with Crippen LogP contribution in [0.5, 0.6) is 0 Å². The van der Waals surface area contributed by atoms with Crippen molar-refractivity contribution in [2.75, 3.05) is 6.54 Å². The summed E-state index contributed by atoms with van der Waals surface area (Å²) in [6, 6.07) is 3.48. The predicted octanol–water partition coefficient (Wildman–Crippen LogP) is 6.61. The molecule has 1 aromatic carbocycles. The zero-order chi connectivity index (χ0) is 24.0. The number of hydrogen-bond donors (Lipinski definition) is 2. The summed E-state index contributed by atoms with van der Waals surface area (Å²) < 4.78 is 41.2. The van der Waals surface area contributed by atoms with Crippen LogP contribution in [0.2, 0.25) is 0 Å². The second kappa shape index (κ2) is 10.9. The zero-order valence-electron chi connectivity index (χ0n) is 19.4. The fourth-order valence-electron chi connectivity index (χ4n) is 5.09. The van der Waals surface area contributed by atoms with Crippen LogP contribution in [-0.4, -0.2) is 19.5 Å². The monoisotopic (exact) mass is 458 g/mol. The van der Waals surface area contributed by atoms with Crippen LogP contribution in [0, 0.1) is 17.2 Å². The lowest BCUT2D eigenvalue weighted by molar-refractivity contribution is 0.146. The van der Waals surface area contributed by atoms with E-state index in [1.54, 1.807) is 13.1 Å². The molecule has 1 unspecified atom stereocenters. The molecule has 2 aliphatic carbocycles. The van der Waals surface area contributed by atoms with Crippen LogP contribution in [0.4, 0.5) is 13.2 Å². The molecule has 0 radical (unpaired) electrons. The van der Waals surface area contributed by atoms with Crippen LogP contribution in [0.3, 0.4) is 0 Å². The van der Waals surface area contributed by atoms with E-state index in [0.717, 1.165) is 31.2 Å². The molecule has 0 heterocycles. The van der Waals surface area contributed by atoms with Gasteiger partial charge in [-0.05, 0) is 64.0 Å². The molecule has 1 aromatic rings.